The van der Waals surface area contributed by atoms with Crippen LogP contribution < -0.4 is 9.21 Å². The molecule has 1 aliphatic heterocycles. The molecule has 124 valence electrons. The van der Waals surface area contributed by atoms with Crippen molar-refractivity contribution in [2.24, 2.45) is 0 Å². The van der Waals surface area contributed by atoms with Gasteiger partial charge in [-0.1, -0.05) is 33.6 Å². The number of nitrogens with zero attached hydrogens (tertiary/aromatic N) is 2. The number of aliphatic hydroxyl groups excluding tert-OH is 1. The third kappa shape index (κ3) is 5.19. The zero-order chi connectivity index (χ0) is 16.5. The van der Waals surface area contributed by atoms with Crippen LogP contribution in [0.3, 0.4) is 0 Å². The van der Waals surface area contributed by atoms with E-state index in [9.17, 15) is 9.90 Å². The second kappa shape index (κ2) is 9.71. The minimum absolute atomic E-state index is 0.0202. The minimum atomic E-state index is -0.395. The lowest BCUT2D eigenvalue weighted by Crippen LogP contribution is -2.41. The maximum atomic E-state index is 11.7. The summed E-state index contributed by atoms with van der Waals surface area (Å²) in [7, 11) is 0. The lowest BCUT2D eigenvalue weighted by Gasteiger charge is -2.27. The van der Waals surface area contributed by atoms with Crippen LogP contribution in [0.15, 0.2) is 24.3 Å². The minimum Gasteiger partial charge on any atom is -0.391 e. The van der Waals surface area contributed by atoms with Crippen LogP contribution >= 0.6 is 12.8 Å². The summed E-state index contributed by atoms with van der Waals surface area (Å²) in [5.41, 5.74) is 1.75. The van der Waals surface area contributed by atoms with E-state index in [4.69, 9.17) is 4.74 Å². The van der Waals surface area contributed by atoms with Crippen LogP contribution in [0.25, 0.3) is 0 Å². The Morgan fingerprint density at radius 1 is 1.36 bits per heavy atom. The van der Waals surface area contributed by atoms with Gasteiger partial charge in [0.1, 0.15) is 6.61 Å². The van der Waals surface area contributed by atoms with E-state index in [1.807, 2.05) is 45.0 Å². The van der Waals surface area contributed by atoms with Gasteiger partial charge in [0.25, 0.3) is 5.91 Å². The fourth-order valence-electron chi connectivity index (χ4n) is 2.03. The van der Waals surface area contributed by atoms with Gasteiger partial charge in [0.05, 0.1) is 19.3 Å². The van der Waals surface area contributed by atoms with E-state index in [0.29, 0.717) is 26.1 Å². The van der Waals surface area contributed by atoms with Crippen molar-refractivity contribution in [3.63, 3.8) is 0 Å². The molecule has 1 saturated heterocycles. The Morgan fingerprint density at radius 3 is 2.55 bits per heavy atom. The molecule has 1 heterocycles. The van der Waals surface area contributed by atoms with Crippen LogP contribution in [0.1, 0.15) is 27.2 Å². The first-order chi connectivity index (χ1) is 10.6. The zero-order valence-corrected chi connectivity index (χ0v) is 14.4. The number of aliphatic hydroxyl groups is 1. The summed E-state index contributed by atoms with van der Waals surface area (Å²) >= 11 is 4.36. The molecule has 22 heavy (non-hydrogen) atoms. The predicted molar refractivity (Wildman–Crippen MR) is 93.6 cm³/mol. The number of amides is 1. The first kappa shape index (κ1) is 18.8. The highest BCUT2D eigenvalue weighted by molar-refractivity contribution is 7.81. The van der Waals surface area contributed by atoms with Crippen molar-refractivity contribution < 1.29 is 14.6 Å². The van der Waals surface area contributed by atoms with E-state index in [-0.39, 0.29) is 12.5 Å². The molecule has 1 N–H and O–H groups in total. The van der Waals surface area contributed by atoms with Crippen LogP contribution in [-0.4, -0.2) is 43.4 Å². The van der Waals surface area contributed by atoms with Crippen LogP contribution in [0, 0.1) is 0 Å². The van der Waals surface area contributed by atoms with Crippen molar-refractivity contribution in [1.82, 2.24) is 0 Å². The monoisotopic (exact) mass is 326 g/mol. The van der Waals surface area contributed by atoms with E-state index in [0.717, 1.165) is 11.4 Å². The summed E-state index contributed by atoms with van der Waals surface area (Å²) in [5, 5.41) is 9.63. The molecular formula is C16H26N2O3S. The molecule has 1 aromatic carbocycles. The maximum absolute atomic E-state index is 11.7. The number of carbonyl (C=O) groups is 1. The van der Waals surface area contributed by atoms with Gasteiger partial charge < -0.3 is 19.0 Å². The number of carbonyl (C=O) groups excluding carboxylic acids is 1. The predicted octanol–water partition coefficient (Wildman–Crippen LogP) is 2.50. The van der Waals surface area contributed by atoms with E-state index in [1.165, 1.54) is 0 Å². The Hall–Kier alpha value is -1.24. The number of thiol groups is 1. The smallest absolute Gasteiger partial charge is 0.253 e. The fourth-order valence-corrected chi connectivity index (χ4v) is 2.35. The van der Waals surface area contributed by atoms with Gasteiger partial charge in [-0.3, -0.25) is 4.79 Å². The molecule has 5 nitrogen and oxygen atoms in total. The molecule has 1 aliphatic rings. The summed E-state index contributed by atoms with van der Waals surface area (Å²) in [6.45, 7) is 7.68. The number of rotatable bonds is 5. The molecule has 0 saturated carbocycles. The first-order valence-corrected chi connectivity index (χ1v) is 8.14. The second-order valence-corrected chi connectivity index (χ2v) is 5.24. The molecule has 1 amide bonds. The quantitative estimate of drug-likeness (QED) is 0.816. The van der Waals surface area contributed by atoms with Crippen molar-refractivity contribution in [2.75, 3.05) is 35.5 Å². The normalized spacial score (nSPS) is 15.9. The Labute approximate surface area is 138 Å². The molecule has 1 unspecified atom stereocenters. The molecule has 1 fully saturated rings. The average molecular weight is 326 g/mol. The summed E-state index contributed by atoms with van der Waals surface area (Å²) in [6.07, 6.45) is 0.297. The Bertz CT molecular complexity index is 453. The highest BCUT2D eigenvalue weighted by Crippen LogP contribution is 2.23. The molecule has 2 rings (SSSR count). The molecule has 0 radical (unpaired) electrons. The van der Waals surface area contributed by atoms with Crippen LogP contribution in [0.5, 0.6) is 0 Å². The van der Waals surface area contributed by atoms with E-state index in [1.54, 1.807) is 9.21 Å². The number of hydrogen-bond acceptors (Lipinski definition) is 5. The van der Waals surface area contributed by atoms with Crippen molar-refractivity contribution in [3.05, 3.63) is 24.3 Å². The lowest BCUT2D eigenvalue weighted by molar-refractivity contribution is -0.125. The van der Waals surface area contributed by atoms with E-state index < -0.39 is 6.10 Å². The molecule has 0 aromatic heterocycles. The largest absolute Gasteiger partial charge is 0.391 e. The SMILES string of the molecule is CC.CCC(O)CN(S)c1ccc(N2CCOCC2=O)cc1. The zero-order valence-electron chi connectivity index (χ0n) is 13.5. The molecule has 0 bridgehead atoms. The number of benzene rings is 1. The Kier molecular flexibility index (Phi) is 8.30. The Morgan fingerprint density at radius 2 is 2.00 bits per heavy atom. The van der Waals surface area contributed by atoms with Gasteiger partial charge in [-0.05, 0) is 30.7 Å². The van der Waals surface area contributed by atoms with Crippen LogP contribution in [-0.2, 0) is 9.53 Å². The first-order valence-electron chi connectivity index (χ1n) is 7.74. The molecule has 6 heteroatoms. The van der Waals surface area contributed by atoms with Gasteiger partial charge in [0.2, 0.25) is 0 Å². The summed E-state index contributed by atoms with van der Waals surface area (Å²) in [6, 6.07) is 7.57. The molecule has 0 spiro atoms. The van der Waals surface area contributed by atoms with Gasteiger partial charge >= 0.3 is 0 Å². The lowest BCUT2D eigenvalue weighted by atomic mass is 10.2. The van der Waals surface area contributed by atoms with Crippen molar-refractivity contribution in [3.8, 4) is 0 Å². The van der Waals surface area contributed by atoms with Crippen molar-refractivity contribution in [2.45, 2.75) is 33.3 Å². The highest BCUT2D eigenvalue weighted by atomic mass is 32.1. The maximum Gasteiger partial charge on any atom is 0.253 e. The van der Waals surface area contributed by atoms with Gasteiger partial charge in [-0.15, -0.1) is 0 Å². The fraction of sp³-hybridized carbons (Fsp3) is 0.562. The van der Waals surface area contributed by atoms with Gasteiger partial charge in [0.15, 0.2) is 0 Å². The number of hydrogen-bond donors (Lipinski definition) is 2. The third-order valence-corrected chi connectivity index (χ3v) is 3.69. The summed E-state index contributed by atoms with van der Waals surface area (Å²) in [5.74, 6) is -0.0202. The molecule has 0 aliphatic carbocycles. The van der Waals surface area contributed by atoms with Crippen LogP contribution in [0.2, 0.25) is 0 Å². The number of morpholine rings is 1. The number of anilines is 2. The molecular weight excluding hydrogens is 300 g/mol. The standard InChI is InChI=1S/C14H20N2O3S.C2H6/c1-2-13(17)9-16(20)12-5-3-11(4-6-12)15-7-8-19-10-14(15)18;1-2/h3-6,13,17,20H,2,7-10H2,1H3;1-2H3. The summed E-state index contributed by atoms with van der Waals surface area (Å²) in [4.78, 5) is 13.5. The van der Waals surface area contributed by atoms with Gasteiger partial charge in [0, 0.05) is 17.9 Å². The Balaban J connectivity index is 0.00000116. The van der Waals surface area contributed by atoms with E-state index >= 15 is 0 Å². The van der Waals surface area contributed by atoms with Gasteiger partial charge in [-0.2, -0.15) is 0 Å². The molecule has 1 aromatic rings. The van der Waals surface area contributed by atoms with E-state index in [2.05, 4.69) is 12.8 Å². The van der Waals surface area contributed by atoms with Crippen molar-refractivity contribution in [1.29, 1.82) is 0 Å². The molecule has 1 atom stereocenters. The van der Waals surface area contributed by atoms with Crippen molar-refractivity contribution >= 4 is 30.1 Å². The van der Waals surface area contributed by atoms with Crippen LogP contribution in [0.4, 0.5) is 11.4 Å². The summed E-state index contributed by atoms with van der Waals surface area (Å²) < 4.78 is 6.82. The number of ether oxygens (including phenoxy) is 1. The second-order valence-electron chi connectivity index (χ2n) is 4.76. The van der Waals surface area contributed by atoms with Gasteiger partial charge in [-0.25, -0.2) is 0 Å². The average Bonchev–Trinajstić information content (AvgIpc) is 2.57. The third-order valence-electron chi connectivity index (χ3n) is 3.30. The topological polar surface area (TPSA) is 53.0 Å². The highest BCUT2D eigenvalue weighted by Gasteiger charge is 2.20.